The van der Waals surface area contributed by atoms with Crippen molar-refractivity contribution in [2.75, 3.05) is 23.8 Å². The number of amides is 1. The normalized spacial score (nSPS) is 17.2. The highest BCUT2D eigenvalue weighted by Gasteiger charge is 2.33. The second-order valence-electron chi connectivity index (χ2n) is 9.86. The SMILES string of the molecule is C[C@]1(COc2cc(NC(=O)c3cccnc3NCc3ccc4ncccc4c3)cc(C(F)(F)F)c2)CCCN1. The molecule has 1 aliphatic rings. The van der Waals surface area contributed by atoms with Gasteiger partial charge in [-0.1, -0.05) is 12.1 Å². The smallest absolute Gasteiger partial charge is 0.416 e. The lowest BCUT2D eigenvalue weighted by Crippen LogP contribution is -2.42. The topological polar surface area (TPSA) is 88.2 Å². The van der Waals surface area contributed by atoms with Crippen LogP contribution in [0, 0.1) is 0 Å². The van der Waals surface area contributed by atoms with Gasteiger partial charge in [-0.3, -0.25) is 9.78 Å². The maximum atomic E-state index is 13.6. The van der Waals surface area contributed by atoms with Crippen molar-refractivity contribution in [1.82, 2.24) is 15.3 Å². The molecule has 4 aromatic rings. The van der Waals surface area contributed by atoms with E-state index >= 15 is 0 Å². The number of carbonyl (C=O) groups is 1. The number of aromatic nitrogens is 2. The van der Waals surface area contributed by atoms with Crippen LogP contribution in [-0.2, 0) is 12.7 Å². The van der Waals surface area contributed by atoms with E-state index in [9.17, 15) is 18.0 Å². The van der Waals surface area contributed by atoms with Crippen LogP contribution in [0.1, 0.15) is 41.3 Å². The molecule has 39 heavy (non-hydrogen) atoms. The molecule has 5 rings (SSSR count). The zero-order valence-corrected chi connectivity index (χ0v) is 21.3. The molecule has 7 nitrogen and oxygen atoms in total. The minimum Gasteiger partial charge on any atom is -0.492 e. The van der Waals surface area contributed by atoms with Gasteiger partial charge >= 0.3 is 6.18 Å². The molecule has 0 spiro atoms. The minimum atomic E-state index is -4.61. The van der Waals surface area contributed by atoms with Crippen LogP contribution in [0.25, 0.3) is 10.9 Å². The van der Waals surface area contributed by atoms with Crippen molar-refractivity contribution in [1.29, 1.82) is 0 Å². The Labute approximate surface area is 223 Å². The van der Waals surface area contributed by atoms with Gasteiger partial charge in [0.25, 0.3) is 5.91 Å². The van der Waals surface area contributed by atoms with E-state index in [1.807, 2.05) is 37.3 Å². The van der Waals surface area contributed by atoms with E-state index < -0.39 is 17.6 Å². The first kappa shape index (κ1) is 26.4. The molecule has 3 heterocycles. The highest BCUT2D eigenvalue weighted by atomic mass is 19.4. The molecule has 2 aromatic heterocycles. The predicted octanol–water partition coefficient (Wildman–Crippen LogP) is 6.03. The lowest BCUT2D eigenvalue weighted by Gasteiger charge is -2.25. The highest BCUT2D eigenvalue weighted by Crippen LogP contribution is 2.35. The number of benzene rings is 2. The molecule has 0 radical (unpaired) electrons. The molecule has 1 saturated heterocycles. The largest absolute Gasteiger partial charge is 0.492 e. The first-order valence-electron chi connectivity index (χ1n) is 12.6. The third-order valence-electron chi connectivity index (χ3n) is 6.69. The predicted molar refractivity (Wildman–Crippen MR) is 144 cm³/mol. The molecule has 1 atom stereocenters. The molecule has 10 heteroatoms. The van der Waals surface area contributed by atoms with E-state index in [-0.39, 0.29) is 29.1 Å². The number of rotatable bonds is 8. The summed E-state index contributed by atoms with van der Waals surface area (Å²) in [5.74, 6) is -0.252. The van der Waals surface area contributed by atoms with Crippen molar-refractivity contribution >= 4 is 28.3 Å². The second kappa shape index (κ2) is 10.9. The number of halogens is 3. The zero-order chi connectivity index (χ0) is 27.5. The van der Waals surface area contributed by atoms with Gasteiger partial charge in [0, 0.05) is 41.6 Å². The van der Waals surface area contributed by atoms with Crippen LogP contribution < -0.4 is 20.7 Å². The van der Waals surface area contributed by atoms with Gasteiger partial charge in [-0.2, -0.15) is 13.2 Å². The third-order valence-corrected chi connectivity index (χ3v) is 6.69. The van der Waals surface area contributed by atoms with Crippen molar-refractivity contribution in [3.63, 3.8) is 0 Å². The summed E-state index contributed by atoms with van der Waals surface area (Å²) >= 11 is 0. The van der Waals surface area contributed by atoms with Crippen molar-refractivity contribution in [3.05, 3.63) is 89.7 Å². The van der Waals surface area contributed by atoms with Gasteiger partial charge in [0.05, 0.1) is 16.6 Å². The third kappa shape index (κ3) is 6.46. The number of alkyl halides is 3. The first-order valence-corrected chi connectivity index (χ1v) is 12.6. The summed E-state index contributed by atoms with van der Waals surface area (Å²) < 4.78 is 46.7. The van der Waals surface area contributed by atoms with Crippen LogP contribution in [0.2, 0.25) is 0 Å². The summed E-state index contributed by atoms with van der Waals surface area (Å²) in [6.07, 6.45) is 0.499. The fourth-order valence-electron chi connectivity index (χ4n) is 4.59. The van der Waals surface area contributed by atoms with Crippen LogP contribution in [0.4, 0.5) is 24.7 Å². The Morgan fingerprint density at radius 3 is 2.69 bits per heavy atom. The van der Waals surface area contributed by atoms with Gasteiger partial charge in [-0.15, -0.1) is 0 Å². The summed E-state index contributed by atoms with van der Waals surface area (Å²) in [7, 11) is 0. The Morgan fingerprint density at radius 2 is 1.90 bits per heavy atom. The van der Waals surface area contributed by atoms with E-state index in [1.54, 1.807) is 18.3 Å². The van der Waals surface area contributed by atoms with E-state index in [1.165, 1.54) is 12.3 Å². The van der Waals surface area contributed by atoms with Crippen molar-refractivity contribution in [2.24, 2.45) is 0 Å². The van der Waals surface area contributed by atoms with Crippen molar-refractivity contribution < 1.29 is 22.7 Å². The zero-order valence-electron chi connectivity index (χ0n) is 21.3. The van der Waals surface area contributed by atoms with Crippen molar-refractivity contribution in [2.45, 2.75) is 38.0 Å². The fourth-order valence-corrected chi connectivity index (χ4v) is 4.59. The molecule has 2 aromatic carbocycles. The molecule has 0 saturated carbocycles. The van der Waals surface area contributed by atoms with Gasteiger partial charge in [-0.05, 0) is 74.3 Å². The molecule has 0 unspecified atom stereocenters. The van der Waals surface area contributed by atoms with Crippen LogP contribution in [0.5, 0.6) is 5.75 Å². The number of ether oxygens (including phenoxy) is 1. The fraction of sp³-hybridized carbons (Fsp3) is 0.276. The number of pyridine rings is 2. The van der Waals surface area contributed by atoms with Gasteiger partial charge in [-0.25, -0.2) is 4.98 Å². The number of carbonyl (C=O) groups excluding carboxylic acids is 1. The quantitative estimate of drug-likeness (QED) is 0.255. The summed E-state index contributed by atoms with van der Waals surface area (Å²) in [6.45, 7) is 3.41. The Hall–Kier alpha value is -4.18. The molecule has 1 aliphatic heterocycles. The Kier molecular flexibility index (Phi) is 7.38. The molecular formula is C29H28F3N5O2. The van der Waals surface area contributed by atoms with E-state index in [0.717, 1.165) is 48.0 Å². The molecule has 202 valence electrons. The van der Waals surface area contributed by atoms with Gasteiger partial charge < -0.3 is 20.7 Å². The Bertz CT molecular complexity index is 1490. The highest BCUT2D eigenvalue weighted by molar-refractivity contribution is 6.07. The van der Waals surface area contributed by atoms with E-state index in [0.29, 0.717) is 12.4 Å². The van der Waals surface area contributed by atoms with Crippen LogP contribution >= 0.6 is 0 Å². The number of anilines is 2. The molecule has 3 N–H and O–H groups in total. The number of fused-ring (bicyclic) bond motifs is 1. The first-order chi connectivity index (χ1) is 18.7. The van der Waals surface area contributed by atoms with Crippen LogP contribution in [0.15, 0.2) is 73.1 Å². The van der Waals surface area contributed by atoms with Crippen LogP contribution in [0.3, 0.4) is 0 Å². The van der Waals surface area contributed by atoms with Crippen molar-refractivity contribution in [3.8, 4) is 5.75 Å². The van der Waals surface area contributed by atoms with Gasteiger partial charge in [0.1, 0.15) is 18.2 Å². The average molecular weight is 536 g/mol. The van der Waals surface area contributed by atoms with Gasteiger partial charge in [0.2, 0.25) is 0 Å². The summed E-state index contributed by atoms with van der Waals surface area (Å²) in [4.78, 5) is 21.8. The molecule has 0 bridgehead atoms. The summed E-state index contributed by atoms with van der Waals surface area (Å²) in [5, 5.41) is 10.1. The number of hydrogen-bond acceptors (Lipinski definition) is 6. The van der Waals surface area contributed by atoms with E-state index in [2.05, 4.69) is 25.9 Å². The molecular weight excluding hydrogens is 507 g/mol. The average Bonchev–Trinajstić information content (AvgIpc) is 3.37. The maximum absolute atomic E-state index is 13.6. The van der Waals surface area contributed by atoms with Crippen LogP contribution in [-0.4, -0.2) is 34.6 Å². The monoisotopic (exact) mass is 535 g/mol. The maximum Gasteiger partial charge on any atom is 0.416 e. The molecule has 1 fully saturated rings. The molecule has 1 amide bonds. The summed E-state index contributed by atoms with van der Waals surface area (Å²) in [6, 6.07) is 16.1. The second-order valence-corrected chi connectivity index (χ2v) is 9.86. The van der Waals surface area contributed by atoms with E-state index in [4.69, 9.17) is 4.74 Å². The Balaban J connectivity index is 1.33. The standard InChI is InChI=1S/C29H28F3N5O2/c1-28(9-4-12-36-28)18-39-23-15-21(29(30,31)32)14-22(16-23)37-27(38)24-6-3-11-34-26(24)35-17-19-7-8-25-20(13-19)5-2-10-33-25/h2-3,5-8,10-11,13-16,36H,4,9,12,17-18H2,1H3,(H,34,35)(H,37,38)/t28-/m1/s1. The Morgan fingerprint density at radius 1 is 1.08 bits per heavy atom. The lowest BCUT2D eigenvalue weighted by atomic mass is 10.0. The minimum absolute atomic E-state index is 0.0220. The number of nitrogens with one attached hydrogen (secondary N) is 3. The van der Waals surface area contributed by atoms with Gasteiger partial charge in [0.15, 0.2) is 0 Å². The molecule has 0 aliphatic carbocycles. The summed E-state index contributed by atoms with van der Waals surface area (Å²) in [5.41, 5.74) is 0.786. The number of nitrogens with zero attached hydrogens (tertiary/aromatic N) is 2. The lowest BCUT2D eigenvalue weighted by molar-refractivity contribution is -0.137. The number of hydrogen-bond donors (Lipinski definition) is 3.